The molecule has 0 aromatic heterocycles. The van der Waals surface area contributed by atoms with Gasteiger partial charge in [-0.2, -0.15) is 0 Å². The first-order chi connectivity index (χ1) is 9.33. The summed E-state index contributed by atoms with van der Waals surface area (Å²) in [5, 5.41) is 9.01. The van der Waals surface area contributed by atoms with Crippen molar-refractivity contribution in [2.75, 3.05) is 26.3 Å². The lowest BCUT2D eigenvalue weighted by Gasteiger charge is -2.20. The summed E-state index contributed by atoms with van der Waals surface area (Å²) in [6.07, 6.45) is 3.55. The van der Waals surface area contributed by atoms with E-state index in [1.165, 1.54) is 12.8 Å². The Hall–Kier alpha value is -1.10. The summed E-state index contributed by atoms with van der Waals surface area (Å²) in [6, 6.07) is 8.63. The van der Waals surface area contributed by atoms with Crippen molar-refractivity contribution >= 4 is 0 Å². The fourth-order valence-corrected chi connectivity index (χ4v) is 2.22. The molecule has 106 valence electrons. The largest absolute Gasteiger partial charge is 0.494 e. The second-order valence-electron chi connectivity index (χ2n) is 5.04. The van der Waals surface area contributed by atoms with Gasteiger partial charge in [-0.15, -0.1) is 0 Å². The highest BCUT2D eigenvalue weighted by molar-refractivity contribution is 5.26. The van der Waals surface area contributed by atoms with Gasteiger partial charge in [0.15, 0.2) is 0 Å². The fraction of sp³-hybridized carbons (Fsp3) is 0.600. The van der Waals surface area contributed by atoms with Gasteiger partial charge in [0.05, 0.1) is 13.2 Å². The summed E-state index contributed by atoms with van der Waals surface area (Å²) >= 11 is 0. The number of benzene rings is 1. The van der Waals surface area contributed by atoms with E-state index in [-0.39, 0.29) is 6.61 Å². The van der Waals surface area contributed by atoms with Crippen LogP contribution >= 0.6 is 0 Å². The lowest BCUT2D eigenvalue weighted by atomic mass is 10.2. The van der Waals surface area contributed by atoms with Crippen LogP contribution in [0.4, 0.5) is 0 Å². The molecule has 1 saturated carbocycles. The van der Waals surface area contributed by atoms with E-state index in [4.69, 9.17) is 15.6 Å². The molecule has 4 nitrogen and oxygen atoms in total. The van der Waals surface area contributed by atoms with Gasteiger partial charge in [0.1, 0.15) is 5.75 Å². The normalized spacial score (nSPS) is 14.9. The van der Waals surface area contributed by atoms with Gasteiger partial charge in [0.2, 0.25) is 0 Å². The average Bonchev–Trinajstić information content (AvgIpc) is 3.27. The second-order valence-corrected chi connectivity index (χ2v) is 5.04. The van der Waals surface area contributed by atoms with Crippen molar-refractivity contribution in [2.45, 2.75) is 31.8 Å². The summed E-state index contributed by atoms with van der Waals surface area (Å²) < 4.78 is 5.70. The molecule has 1 aliphatic rings. The zero-order chi connectivity index (χ0) is 13.5. The number of hydrogen-bond acceptors (Lipinski definition) is 4. The van der Waals surface area contributed by atoms with Crippen LogP contribution in [0.25, 0.3) is 0 Å². The van der Waals surface area contributed by atoms with E-state index in [1.807, 2.05) is 24.3 Å². The van der Waals surface area contributed by atoms with Gasteiger partial charge in [-0.05, 0) is 37.0 Å². The molecule has 1 aromatic carbocycles. The number of rotatable bonds is 9. The first-order valence-electron chi connectivity index (χ1n) is 7.10. The highest BCUT2D eigenvalue weighted by atomic mass is 16.5. The molecule has 0 amide bonds. The van der Waals surface area contributed by atoms with Crippen LogP contribution in [0.15, 0.2) is 24.3 Å². The predicted octanol–water partition coefficient (Wildman–Crippen LogP) is 1.37. The Labute approximate surface area is 115 Å². The smallest absolute Gasteiger partial charge is 0.119 e. The van der Waals surface area contributed by atoms with Crippen molar-refractivity contribution in [3.8, 4) is 5.75 Å². The summed E-state index contributed by atoms with van der Waals surface area (Å²) in [5.41, 5.74) is 6.67. The molecule has 19 heavy (non-hydrogen) atoms. The van der Waals surface area contributed by atoms with Crippen LogP contribution in [0, 0.1) is 0 Å². The fourth-order valence-electron chi connectivity index (χ4n) is 2.22. The maximum Gasteiger partial charge on any atom is 0.119 e. The third-order valence-electron chi connectivity index (χ3n) is 3.47. The number of nitrogens with zero attached hydrogens (tertiary/aromatic N) is 1. The van der Waals surface area contributed by atoms with Crippen molar-refractivity contribution in [2.24, 2.45) is 5.73 Å². The van der Waals surface area contributed by atoms with Crippen molar-refractivity contribution in [1.82, 2.24) is 4.90 Å². The highest BCUT2D eigenvalue weighted by Gasteiger charge is 2.27. The van der Waals surface area contributed by atoms with Gasteiger partial charge in [-0.1, -0.05) is 12.1 Å². The molecule has 0 bridgehead atoms. The molecular weight excluding hydrogens is 240 g/mol. The Kier molecular flexibility index (Phi) is 5.63. The zero-order valence-electron chi connectivity index (χ0n) is 11.4. The van der Waals surface area contributed by atoms with E-state index >= 15 is 0 Å². The monoisotopic (exact) mass is 264 g/mol. The van der Waals surface area contributed by atoms with E-state index in [9.17, 15) is 0 Å². The summed E-state index contributed by atoms with van der Waals surface area (Å²) in [4.78, 5) is 2.36. The van der Waals surface area contributed by atoms with E-state index in [2.05, 4.69) is 4.90 Å². The molecule has 0 atom stereocenters. The third kappa shape index (κ3) is 4.82. The lowest BCUT2D eigenvalue weighted by Crippen LogP contribution is -2.31. The van der Waals surface area contributed by atoms with E-state index in [0.717, 1.165) is 37.4 Å². The van der Waals surface area contributed by atoms with Gasteiger partial charge in [-0.25, -0.2) is 0 Å². The number of hydrogen-bond donors (Lipinski definition) is 2. The van der Waals surface area contributed by atoms with Crippen LogP contribution in [-0.2, 0) is 6.54 Å². The topological polar surface area (TPSA) is 58.7 Å². The third-order valence-corrected chi connectivity index (χ3v) is 3.47. The zero-order valence-corrected chi connectivity index (χ0v) is 11.4. The molecule has 0 spiro atoms. The summed E-state index contributed by atoms with van der Waals surface area (Å²) in [5.74, 6) is 0.900. The Morgan fingerprint density at radius 3 is 2.53 bits per heavy atom. The van der Waals surface area contributed by atoms with E-state index < -0.39 is 0 Å². The first kappa shape index (κ1) is 14.3. The van der Waals surface area contributed by atoms with Gasteiger partial charge in [-0.3, -0.25) is 4.90 Å². The molecule has 4 heteroatoms. The second kappa shape index (κ2) is 7.48. The Morgan fingerprint density at radius 1 is 1.21 bits per heavy atom. The van der Waals surface area contributed by atoms with Crippen molar-refractivity contribution in [3.05, 3.63) is 29.8 Å². The molecule has 1 aliphatic carbocycles. The van der Waals surface area contributed by atoms with Crippen LogP contribution in [0.5, 0.6) is 5.75 Å². The number of aliphatic hydroxyl groups is 1. The molecule has 3 N–H and O–H groups in total. The maximum atomic E-state index is 9.01. The molecule has 2 rings (SSSR count). The molecule has 0 heterocycles. The SMILES string of the molecule is NCc1ccc(OCCCN(CCO)C2CC2)cc1. The Bertz CT molecular complexity index is 363. The minimum Gasteiger partial charge on any atom is -0.494 e. The van der Waals surface area contributed by atoms with Crippen molar-refractivity contribution < 1.29 is 9.84 Å². The van der Waals surface area contributed by atoms with Crippen molar-refractivity contribution in [3.63, 3.8) is 0 Å². The van der Waals surface area contributed by atoms with Crippen LogP contribution < -0.4 is 10.5 Å². The molecule has 1 fully saturated rings. The number of ether oxygens (including phenoxy) is 1. The van der Waals surface area contributed by atoms with Gasteiger partial charge < -0.3 is 15.6 Å². The van der Waals surface area contributed by atoms with Crippen LogP contribution in [-0.4, -0.2) is 42.4 Å². The maximum absolute atomic E-state index is 9.01. The van der Waals surface area contributed by atoms with Gasteiger partial charge in [0, 0.05) is 25.7 Å². The Morgan fingerprint density at radius 2 is 1.95 bits per heavy atom. The van der Waals surface area contributed by atoms with Crippen LogP contribution in [0.3, 0.4) is 0 Å². The number of nitrogens with two attached hydrogens (primary N) is 1. The van der Waals surface area contributed by atoms with Crippen LogP contribution in [0.1, 0.15) is 24.8 Å². The molecule has 0 aliphatic heterocycles. The minimum atomic E-state index is 0.248. The molecule has 1 aromatic rings. The van der Waals surface area contributed by atoms with Gasteiger partial charge >= 0.3 is 0 Å². The van der Waals surface area contributed by atoms with E-state index in [0.29, 0.717) is 12.6 Å². The predicted molar refractivity (Wildman–Crippen MR) is 76.1 cm³/mol. The molecule has 0 saturated heterocycles. The average molecular weight is 264 g/mol. The molecular formula is C15H24N2O2. The highest BCUT2D eigenvalue weighted by Crippen LogP contribution is 2.26. The quantitative estimate of drug-likeness (QED) is 0.661. The molecule has 0 radical (unpaired) electrons. The standard InChI is InChI=1S/C15H24N2O2/c16-12-13-2-6-15(7-3-13)19-11-1-8-17(9-10-18)14-4-5-14/h2-3,6-7,14,18H,1,4-5,8-12,16H2. The Balaban J connectivity index is 1.64. The summed E-state index contributed by atoms with van der Waals surface area (Å²) in [7, 11) is 0. The van der Waals surface area contributed by atoms with E-state index in [1.54, 1.807) is 0 Å². The summed E-state index contributed by atoms with van der Waals surface area (Å²) in [6.45, 7) is 3.33. The van der Waals surface area contributed by atoms with Crippen LogP contribution in [0.2, 0.25) is 0 Å². The first-order valence-corrected chi connectivity index (χ1v) is 7.10. The van der Waals surface area contributed by atoms with Gasteiger partial charge in [0.25, 0.3) is 0 Å². The molecule has 0 unspecified atom stereocenters. The van der Waals surface area contributed by atoms with Crippen molar-refractivity contribution in [1.29, 1.82) is 0 Å². The minimum absolute atomic E-state index is 0.248. The lowest BCUT2D eigenvalue weighted by molar-refractivity contribution is 0.177. The number of aliphatic hydroxyl groups excluding tert-OH is 1.